The van der Waals surface area contributed by atoms with E-state index < -0.39 is 0 Å². The van der Waals surface area contributed by atoms with Gasteiger partial charge in [0.1, 0.15) is 18.1 Å². The first-order chi connectivity index (χ1) is 9.58. The van der Waals surface area contributed by atoms with Crippen molar-refractivity contribution in [3.05, 3.63) is 41.0 Å². The number of fused-ring (bicyclic) bond motifs is 1. The highest BCUT2D eigenvalue weighted by molar-refractivity contribution is 9.10. The lowest BCUT2D eigenvalue weighted by atomic mass is 10.2. The molecule has 0 bridgehead atoms. The Kier molecular flexibility index (Phi) is 4.49. The highest BCUT2D eigenvalue weighted by Crippen LogP contribution is 2.32. The van der Waals surface area contributed by atoms with Gasteiger partial charge in [0.25, 0.3) is 0 Å². The summed E-state index contributed by atoms with van der Waals surface area (Å²) in [5, 5.41) is 0.952. The fourth-order valence-electron chi connectivity index (χ4n) is 2.00. The number of carbonyl (C=O) groups is 1. The molecule has 2 aromatic rings. The van der Waals surface area contributed by atoms with Gasteiger partial charge in [0.15, 0.2) is 0 Å². The van der Waals surface area contributed by atoms with E-state index in [9.17, 15) is 4.79 Å². The van der Waals surface area contributed by atoms with Crippen molar-refractivity contribution in [2.45, 2.75) is 6.92 Å². The minimum absolute atomic E-state index is 0.323. The molecule has 1 heterocycles. The fraction of sp³-hybridized carbons (Fsp3) is 0.267. The Morgan fingerprint density at radius 1 is 1.45 bits per heavy atom. The standard InChI is InChI=1S/C15H16BrNO3/c1-4-6-20-14-9-12-10(7-11(14)16)8-13(17(12)3)15(18)19-5-2/h4,7-9H,1,5-6H2,2-3H3. The Morgan fingerprint density at radius 2 is 2.20 bits per heavy atom. The molecule has 0 saturated carbocycles. The van der Waals surface area contributed by atoms with Crippen molar-refractivity contribution >= 4 is 32.8 Å². The summed E-state index contributed by atoms with van der Waals surface area (Å²) in [6.07, 6.45) is 1.69. The van der Waals surface area contributed by atoms with Crippen LogP contribution in [0, 0.1) is 0 Å². The van der Waals surface area contributed by atoms with Crippen molar-refractivity contribution in [1.82, 2.24) is 4.57 Å². The third kappa shape index (κ3) is 2.72. The van der Waals surface area contributed by atoms with Crippen molar-refractivity contribution < 1.29 is 14.3 Å². The van der Waals surface area contributed by atoms with Crippen LogP contribution < -0.4 is 4.74 Å². The first kappa shape index (κ1) is 14.7. The van der Waals surface area contributed by atoms with Crippen LogP contribution >= 0.6 is 15.9 Å². The lowest BCUT2D eigenvalue weighted by molar-refractivity contribution is 0.0516. The molecular formula is C15H16BrNO3. The van der Waals surface area contributed by atoms with E-state index in [1.54, 1.807) is 17.6 Å². The Bertz CT molecular complexity index is 661. The second-order valence-corrected chi connectivity index (χ2v) is 5.10. The van der Waals surface area contributed by atoms with E-state index in [1.165, 1.54) is 0 Å². The summed E-state index contributed by atoms with van der Waals surface area (Å²) in [5.41, 5.74) is 1.44. The number of ether oxygens (including phenoxy) is 2. The number of aryl methyl sites for hydroxylation is 1. The molecule has 0 spiro atoms. The molecule has 0 fully saturated rings. The molecular weight excluding hydrogens is 322 g/mol. The molecule has 1 aromatic heterocycles. The van der Waals surface area contributed by atoms with Crippen LogP contribution in [-0.4, -0.2) is 23.8 Å². The van der Waals surface area contributed by atoms with Crippen molar-refractivity contribution in [2.75, 3.05) is 13.2 Å². The molecule has 0 unspecified atom stereocenters. The summed E-state index contributed by atoms with van der Waals surface area (Å²) in [5.74, 6) is 0.393. The van der Waals surface area contributed by atoms with Gasteiger partial charge in [0.05, 0.1) is 16.6 Å². The quantitative estimate of drug-likeness (QED) is 0.617. The zero-order valence-corrected chi connectivity index (χ0v) is 13.1. The van der Waals surface area contributed by atoms with Crippen LogP contribution in [0.15, 0.2) is 35.3 Å². The largest absolute Gasteiger partial charge is 0.488 e. The summed E-state index contributed by atoms with van der Waals surface area (Å²) in [6.45, 7) is 6.21. The maximum Gasteiger partial charge on any atom is 0.354 e. The Labute approximate surface area is 126 Å². The summed E-state index contributed by atoms with van der Waals surface area (Å²) in [4.78, 5) is 11.9. The molecule has 0 N–H and O–H groups in total. The molecule has 0 aliphatic rings. The Hall–Kier alpha value is -1.75. The maximum atomic E-state index is 11.9. The summed E-state index contributed by atoms with van der Waals surface area (Å²) >= 11 is 3.46. The molecule has 0 saturated heterocycles. The number of rotatable bonds is 5. The number of esters is 1. The van der Waals surface area contributed by atoms with Gasteiger partial charge in [-0.25, -0.2) is 4.79 Å². The van der Waals surface area contributed by atoms with Crippen molar-refractivity contribution in [3.8, 4) is 5.75 Å². The number of hydrogen-bond donors (Lipinski definition) is 0. The predicted molar refractivity (Wildman–Crippen MR) is 82.3 cm³/mol. The predicted octanol–water partition coefficient (Wildman–Crippen LogP) is 3.68. The third-order valence-electron chi connectivity index (χ3n) is 2.94. The van der Waals surface area contributed by atoms with E-state index in [0.29, 0.717) is 24.7 Å². The van der Waals surface area contributed by atoms with Crippen LogP contribution in [0.25, 0.3) is 10.9 Å². The second kappa shape index (κ2) is 6.13. The number of hydrogen-bond acceptors (Lipinski definition) is 3. The zero-order chi connectivity index (χ0) is 14.7. The van der Waals surface area contributed by atoms with Crippen LogP contribution in [0.5, 0.6) is 5.75 Å². The average Bonchev–Trinajstić information content (AvgIpc) is 2.73. The van der Waals surface area contributed by atoms with Gasteiger partial charge in [0, 0.05) is 18.5 Å². The number of benzene rings is 1. The molecule has 0 amide bonds. The molecule has 106 valence electrons. The first-order valence-corrected chi connectivity index (χ1v) is 7.07. The van der Waals surface area contributed by atoms with Crippen LogP contribution in [0.2, 0.25) is 0 Å². The molecule has 20 heavy (non-hydrogen) atoms. The van der Waals surface area contributed by atoms with Crippen LogP contribution in [0.3, 0.4) is 0 Å². The molecule has 5 heteroatoms. The van der Waals surface area contributed by atoms with Gasteiger partial charge < -0.3 is 14.0 Å². The van der Waals surface area contributed by atoms with E-state index in [-0.39, 0.29) is 5.97 Å². The molecule has 4 nitrogen and oxygen atoms in total. The van der Waals surface area contributed by atoms with E-state index in [1.807, 2.05) is 25.2 Å². The summed E-state index contributed by atoms with van der Waals surface area (Å²) < 4.78 is 13.3. The van der Waals surface area contributed by atoms with Gasteiger partial charge in [-0.15, -0.1) is 0 Å². The van der Waals surface area contributed by atoms with Gasteiger partial charge >= 0.3 is 5.97 Å². The van der Waals surface area contributed by atoms with E-state index in [2.05, 4.69) is 22.5 Å². The van der Waals surface area contributed by atoms with Crippen LogP contribution in [-0.2, 0) is 11.8 Å². The molecule has 0 aliphatic carbocycles. The number of aromatic nitrogens is 1. The summed E-state index contributed by atoms with van der Waals surface area (Å²) in [6, 6.07) is 5.64. The number of nitrogens with zero attached hydrogens (tertiary/aromatic N) is 1. The smallest absolute Gasteiger partial charge is 0.354 e. The molecule has 2 rings (SSSR count). The van der Waals surface area contributed by atoms with Crippen molar-refractivity contribution in [2.24, 2.45) is 7.05 Å². The number of carbonyl (C=O) groups excluding carboxylic acids is 1. The maximum absolute atomic E-state index is 11.9. The van der Waals surface area contributed by atoms with Gasteiger partial charge in [0.2, 0.25) is 0 Å². The zero-order valence-electron chi connectivity index (χ0n) is 11.5. The highest BCUT2D eigenvalue weighted by atomic mass is 79.9. The summed E-state index contributed by atoms with van der Waals surface area (Å²) in [7, 11) is 1.83. The van der Waals surface area contributed by atoms with Gasteiger partial charge in [-0.05, 0) is 35.0 Å². The minimum Gasteiger partial charge on any atom is -0.488 e. The molecule has 0 atom stereocenters. The Balaban J connectivity index is 2.49. The monoisotopic (exact) mass is 337 g/mol. The van der Waals surface area contributed by atoms with Crippen LogP contribution in [0.1, 0.15) is 17.4 Å². The average molecular weight is 338 g/mol. The van der Waals surface area contributed by atoms with E-state index in [0.717, 1.165) is 15.4 Å². The van der Waals surface area contributed by atoms with Gasteiger partial charge in [-0.1, -0.05) is 12.7 Å². The van der Waals surface area contributed by atoms with E-state index in [4.69, 9.17) is 9.47 Å². The second-order valence-electron chi connectivity index (χ2n) is 4.25. The third-order valence-corrected chi connectivity index (χ3v) is 3.56. The van der Waals surface area contributed by atoms with Crippen molar-refractivity contribution in [3.63, 3.8) is 0 Å². The lowest BCUT2D eigenvalue weighted by Crippen LogP contribution is -2.09. The first-order valence-electron chi connectivity index (χ1n) is 6.28. The van der Waals surface area contributed by atoms with Gasteiger partial charge in [-0.2, -0.15) is 0 Å². The molecule has 1 aromatic carbocycles. The topological polar surface area (TPSA) is 40.5 Å². The Morgan fingerprint density at radius 3 is 2.85 bits per heavy atom. The molecule has 0 radical (unpaired) electrons. The SMILES string of the molecule is C=CCOc1cc2c(cc1Br)cc(C(=O)OCC)n2C. The van der Waals surface area contributed by atoms with Crippen LogP contribution in [0.4, 0.5) is 0 Å². The lowest BCUT2D eigenvalue weighted by Gasteiger charge is -2.07. The van der Waals surface area contributed by atoms with Crippen molar-refractivity contribution in [1.29, 1.82) is 0 Å². The van der Waals surface area contributed by atoms with E-state index >= 15 is 0 Å². The minimum atomic E-state index is -0.323. The normalized spacial score (nSPS) is 10.6. The highest BCUT2D eigenvalue weighted by Gasteiger charge is 2.16. The fourth-order valence-corrected chi connectivity index (χ4v) is 2.47. The van der Waals surface area contributed by atoms with Gasteiger partial charge in [-0.3, -0.25) is 0 Å². The number of halogens is 1. The molecule has 0 aliphatic heterocycles.